The van der Waals surface area contributed by atoms with Crippen LogP contribution in [-0.2, 0) is 10.0 Å². The van der Waals surface area contributed by atoms with Gasteiger partial charge in [0.1, 0.15) is 0 Å². The van der Waals surface area contributed by atoms with E-state index in [2.05, 4.69) is 15.3 Å². The summed E-state index contributed by atoms with van der Waals surface area (Å²) in [5.41, 5.74) is 1.35. The Balaban J connectivity index is 2.31. The Kier molecular flexibility index (Phi) is 4.17. The van der Waals surface area contributed by atoms with Gasteiger partial charge in [0.2, 0.25) is 0 Å². The Morgan fingerprint density at radius 2 is 1.95 bits per heavy atom. The monoisotopic (exact) mass is 284 g/mol. The lowest BCUT2D eigenvalue weighted by atomic mass is 10.1. The lowest BCUT2D eigenvalue weighted by Crippen LogP contribution is -2.47. The summed E-state index contributed by atoms with van der Waals surface area (Å²) in [5, 5.41) is 3.05. The number of nitrogens with one attached hydrogen (secondary N) is 1. The standard InChI is InChI=1S/C12H20N4O2S/c1-9-7-10(2)15-12(14-9)19(17,18)16-6-4-5-11(8-16)13-3/h7,11,13H,4-6,8H2,1-3H3/t11-/m0/s1. The minimum absolute atomic E-state index is 0.0817. The molecule has 0 unspecified atom stereocenters. The van der Waals surface area contributed by atoms with Crippen molar-refractivity contribution in [2.45, 2.75) is 37.9 Å². The maximum atomic E-state index is 12.5. The van der Waals surface area contributed by atoms with Crippen molar-refractivity contribution in [2.75, 3.05) is 20.1 Å². The van der Waals surface area contributed by atoms with Crippen LogP contribution in [0.1, 0.15) is 24.2 Å². The van der Waals surface area contributed by atoms with Crippen molar-refractivity contribution in [3.05, 3.63) is 17.5 Å². The van der Waals surface area contributed by atoms with Crippen LogP contribution in [0.4, 0.5) is 0 Å². The lowest BCUT2D eigenvalue weighted by Gasteiger charge is -2.31. The fourth-order valence-corrected chi connectivity index (χ4v) is 3.82. The molecule has 1 aliphatic rings. The topological polar surface area (TPSA) is 75.2 Å². The van der Waals surface area contributed by atoms with E-state index in [1.54, 1.807) is 19.9 Å². The second-order valence-electron chi connectivity index (χ2n) is 4.92. The van der Waals surface area contributed by atoms with E-state index in [0.717, 1.165) is 12.8 Å². The van der Waals surface area contributed by atoms with Crippen LogP contribution in [0.15, 0.2) is 11.2 Å². The first-order chi connectivity index (χ1) is 8.93. The van der Waals surface area contributed by atoms with Gasteiger partial charge in [0.15, 0.2) is 0 Å². The van der Waals surface area contributed by atoms with Crippen LogP contribution in [0, 0.1) is 13.8 Å². The van der Waals surface area contributed by atoms with E-state index < -0.39 is 10.0 Å². The quantitative estimate of drug-likeness (QED) is 0.816. The van der Waals surface area contributed by atoms with E-state index in [1.165, 1.54) is 4.31 Å². The Labute approximate surface area is 114 Å². The number of hydrogen-bond acceptors (Lipinski definition) is 5. The number of aryl methyl sites for hydroxylation is 2. The molecule has 1 aromatic rings. The van der Waals surface area contributed by atoms with Gasteiger partial charge in [0.25, 0.3) is 15.2 Å². The number of likely N-dealkylation sites (N-methyl/N-ethyl adjacent to an activating group) is 1. The van der Waals surface area contributed by atoms with Gasteiger partial charge in [-0.15, -0.1) is 0 Å². The van der Waals surface area contributed by atoms with E-state index in [-0.39, 0.29) is 11.2 Å². The predicted molar refractivity (Wildman–Crippen MR) is 72.3 cm³/mol. The van der Waals surface area contributed by atoms with Gasteiger partial charge in [0, 0.05) is 30.5 Å². The van der Waals surface area contributed by atoms with Gasteiger partial charge in [-0.1, -0.05) is 0 Å². The van der Waals surface area contributed by atoms with Crippen molar-refractivity contribution in [2.24, 2.45) is 0 Å². The summed E-state index contributed by atoms with van der Waals surface area (Å²) in [5.74, 6) is 0. The molecule has 106 valence electrons. The normalized spacial score (nSPS) is 21.5. The Morgan fingerprint density at radius 3 is 2.53 bits per heavy atom. The van der Waals surface area contributed by atoms with Gasteiger partial charge in [-0.2, -0.15) is 4.31 Å². The summed E-state index contributed by atoms with van der Waals surface area (Å²) in [4.78, 5) is 8.14. The fourth-order valence-electron chi connectivity index (χ4n) is 2.32. The molecule has 7 heteroatoms. The smallest absolute Gasteiger partial charge is 0.278 e. The molecule has 0 aromatic carbocycles. The number of piperidine rings is 1. The second-order valence-corrected chi connectivity index (χ2v) is 6.76. The third kappa shape index (κ3) is 3.10. The molecule has 1 N–H and O–H groups in total. The largest absolute Gasteiger partial charge is 0.316 e. The summed E-state index contributed by atoms with van der Waals surface area (Å²) >= 11 is 0. The van der Waals surface area contributed by atoms with Crippen LogP contribution in [0.5, 0.6) is 0 Å². The van der Waals surface area contributed by atoms with Gasteiger partial charge in [-0.25, -0.2) is 18.4 Å². The van der Waals surface area contributed by atoms with Crippen LogP contribution in [0.25, 0.3) is 0 Å². The lowest BCUT2D eigenvalue weighted by molar-refractivity contribution is 0.291. The predicted octanol–water partition coefficient (Wildman–Crippen LogP) is 0.466. The molecule has 0 aliphatic carbocycles. The fraction of sp³-hybridized carbons (Fsp3) is 0.667. The minimum Gasteiger partial charge on any atom is -0.316 e. The second kappa shape index (κ2) is 5.52. The third-order valence-electron chi connectivity index (χ3n) is 3.32. The minimum atomic E-state index is -3.58. The van der Waals surface area contributed by atoms with Crippen molar-refractivity contribution < 1.29 is 8.42 Å². The van der Waals surface area contributed by atoms with Crippen molar-refractivity contribution in [3.8, 4) is 0 Å². The molecule has 1 aliphatic heterocycles. The average molecular weight is 284 g/mol. The molecule has 1 saturated heterocycles. The van der Waals surface area contributed by atoms with E-state index in [0.29, 0.717) is 24.5 Å². The molecule has 2 rings (SSSR count). The highest BCUT2D eigenvalue weighted by atomic mass is 32.2. The van der Waals surface area contributed by atoms with Gasteiger partial charge < -0.3 is 5.32 Å². The van der Waals surface area contributed by atoms with E-state index >= 15 is 0 Å². The maximum absolute atomic E-state index is 12.5. The zero-order valence-electron chi connectivity index (χ0n) is 11.5. The third-order valence-corrected chi connectivity index (χ3v) is 4.98. The average Bonchev–Trinajstić information content (AvgIpc) is 2.37. The van der Waals surface area contributed by atoms with E-state index in [9.17, 15) is 8.42 Å². The number of rotatable bonds is 3. The molecular weight excluding hydrogens is 264 g/mol. The van der Waals surface area contributed by atoms with Crippen molar-refractivity contribution in [1.29, 1.82) is 0 Å². The Morgan fingerprint density at radius 1 is 1.32 bits per heavy atom. The molecule has 2 heterocycles. The van der Waals surface area contributed by atoms with Gasteiger partial charge in [0.05, 0.1) is 0 Å². The first-order valence-corrected chi connectivity index (χ1v) is 7.87. The van der Waals surface area contributed by atoms with Crippen LogP contribution >= 0.6 is 0 Å². The van der Waals surface area contributed by atoms with Crippen LogP contribution in [-0.4, -0.2) is 48.9 Å². The SMILES string of the molecule is CN[C@H]1CCCN(S(=O)(=O)c2nc(C)cc(C)n2)C1. The number of nitrogens with zero attached hydrogens (tertiary/aromatic N) is 3. The summed E-state index contributed by atoms with van der Waals surface area (Å²) in [6.07, 6.45) is 1.85. The summed E-state index contributed by atoms with van der Waals surface area (Å²) < 4.78 is 26.5. The maximum Gasteiger partial charge on any atom is 0.278 e. The van der Waals surface area contributed by atoms with Crippen LogP contribution in [0.3, 0.4) is 0 Å². The highest BCUT2D eigenvalue weighted by Crippen LogP contribution is 2.18. The molecule has 19 heavy (non-hydrogen) atoms. The summed E-state index contributed by atoms with van der Waals surface area (Å²) in [6, 6.07) is 1.97. The molecule has 1 fully saturated rings. The van der Waals surface area contributed by atoms with Gasteiger partial charge in [-0.05, 0) is 39.8 Å². The molecule has 0 saturated carbocycles. The molecule has 0 radical (unpaired) electrons. The number of sulfonamides is 1. The highest BCUT2D eigenvalue weighted by Gasteiger charge is 2.31. The molecule has 6 nitrogen and oxygen atoms in total. The van der Waals surface area contributed by atoms with E-state index in [4.69, 9.17) is 0 Å². The van der Waals surface area contributed by atoms with E-state index in [1.807, 2.05) is 7.05 Å². The van der Waals surface area contributed by atoms with Crippen LogP contribution < -0.4 is 5.32 Å². The van der Waals surface area contributed by atoms with Crippen molar-refractivity contribution in [1.82, 2.24) is 19.6 Å². The summed E-state index contributed by atoms with van der Waals surface area (Å²) in [7, 11) is -1.72. The van der Waals surface area contributed by atoms with Crippen LogP contribution in [0.2, 0.25) is 0 Å². The zero-order valence-corrected chi connectivity index (χ0v) is 12.4. The molecule has 1 atom stereocenters. The number of aromatic nitrogens is 2. The first kappa shape index (κ1) is 14.4. The highest BCUT2D eigenvalue weighted by molar-refractivity contribution is 7.88. The molecule has 0 amide bonds. The molecule has 0 spiro atoms. The van der Waals surface area contributed by atoms with Crippen molar-refractivity contribution >= 4 is 10.0 Å². The Bertz CT molecular complexity index is 539. The zero-order chi connectivity index (χ0) is 14.0. The number of hydrogen-bond donors (Lipinski definition) is 1. The van der Waals surface area contributed by atoms with Crippen molar-refractivity contribution in [3.63, 3.8) is 0 Å². The molecule has 1 aromatic heterocycles. The first-order valence-electron chi connectivity index (χ1n) is 6.43. The van der Waals surface area contributed by atoms with Gasteiger partial charge >= 0.3 is 0 Å². The van der Waals surface area contributed by atoms with Gasteiger partial charge in [-0.3, -0.25) is 0 Å². The Hall–Kier alpha value is -1.05. The summed E-state index contributed by atoms with van der Waals surface area (Å²) in [6.45, 7) is 4.58. The molecular formula is C12H20N4O2S. The molecule has 0 bridgehead atoms.